The van der Waals surface area contributed by atoms with Gasteiger partial charge in [-0.2, -0.15) is 17.4 Å². The normalized spacial score (nSPS) is 17.2. The zero-order valence-electron chi connectivity index (χ0n) is 11.5. The van der Waals surface area contributed by atoms with Crippen LogP contribution in [-0.4, -0.2) is 46.1 Å². The second-order valence-electron chi connectivity index (χ2n) is 4.54. The standard InChI is InChI=1S/C13H20N2O4S/c1-18-11-13-5-3-2-4-12(13)10-14-20(16,17)15-6-8-19-9-7-15/h2-5,14H,6-11H2,1H3. The molecule has 0 saturated carbocycles. The summed E-state index contributed by atoms with van der Waals surface area (Å²) in [4.78, 5) is 0. The maximum atomic E-state index is 12.2. The topological polar surface area (TPSA) is 67.9 Å². The highest BCUT2D eigenvalue weighted by Crippen LogP contribution is 2.11. The van der Waals surface area contributed by atoms with Crippen molar-refractivity contribution in [2.24, 2.45) is 0 Å². The number of rotatable bonds is 6. The van der Waals surface area contributed by atoms with Crippen LogP contribution in [0.15, 0.2) is 24.3 Å². The van der Waals surface area contributed by atoms with Gasteiger partial charge in [0.1, 0.15) is 0 Å². The Kier molecular flexibility index (Phi) is 5.50. The van der Waals surface area contributed by atoms with Crippen LogP contribution in [0.25, 0.3) is 0 Å². The molecule has 20 heavy (non-hydrogen) atoms. The van der Waals surface area contributed by atoms with Crippen LogP contribution in [0.5, 0.6) is 0 Å². The van der Waals surface area contributed by atoms with Crippen LogP contribution in [0.1, 0.15) is 11.1 Å². The zero-order chi connectivity index (χ0) is 14.4. The van der Waals surface area contributed by atoms with E-state index >= 15 is 0 Å². The van der Waals surface area contributed by atoms with Gasteiger partial charge in [0.25, 0.3) is 10.2 Å². The van der Waals surface area contributed by atoms with E-state index < -0.39 is 10.2 Å². The summed E-state index contributed by atoms with van der Waals surface area (Å²) in [6, 6.07) is 7.63. The molecule has 0 atom stereocenters. The predicted octanol–water partition coefficient (Wildman–Crippen LogP) is 0.500. The third-order valence-corrected chi connectivity index (χ3v) is 4.73. The van der Waals surface area contributed by atoms with Crippen LogP contribution >= 0.6 is 0 Å². The highest BCUT2D eigenvalue weighted by Gasteiger charge is 2.23. The van der Waals surface area contributed by atoms with Gasteiger partial charge >= 0.3 is 0 Å². The first-order valence-corrected chi connectivity index (χ1v) is 7.95. The second kappa shape index (κ2) is 7.14. The lowest BCUT2D eigenvalue weighted by Crippen LogP contribution is -2.46. The van der Waals surface area contributed by atoms with Crippen molar-refractivity contribution in [2.45, 2.75) is 13.2 Å². The molecular weight excluding hydrogens is 280 g/mol. The minimum absolute atomic E-state index is 0.263. The second-order valence-corrected chi connectivity index (χ2v) is 6.29. The van der Waals surface area contributed by atoms with E-state index in [1.807, 2.05) is 24.3 Å². The van der Waals surface area contributed by atoms with Crippen LogP contribution in [-0.2, 0) is 32.8 Å². The minimum atomic E-state index is -3.45. The molecule has 0 aromatic heterocycles. The summed E-state index contributed by atoms with van der Waals surface area (Å²) in [6.45, 7) is 2.42. The van der Waals surface area contributed by atoms with Gasteiger partial charge in [-0.25, -0.2) is 0 Å². The van der Waals surface area contributed by atoms with E-state index in [0.717, 1.165) is 11.1 Å². The summed E-state index contributed by atoms with van der Waals surface area (Å²) < 4.78 is 38.6. The molecule has 1 heterocycles. The molecule has 1 aliphatic rings. The third kappa shape index (κ3) is 4.00. The number of benzene rings is 1. The SMILES string of the molecule is COCc1ccccc1CNS(=O)(=O)N1CCOCC1. The molecular formula is C13H20N2O4S. The lowest BCUT2D eigenvalue weighted by atomic mass is 10.1. The summed E-state index contributed by atoms with van der Waals surface area (Å²) >= 11 is 0. The summed E-state index contributed by atoms with van der Waals surface area (Å²) in [5.41, 5.74) is 1.91. The first-order valence-electron chi connectivity index (χ1n) is 6.51. The molecule has 1 fully saturated rings. The molecule has 0 bridgehead atoms. The van der Waals surface area contributed by atoms with E-state index in [4.69, 9.17) is 9.47 Å². The fraction of sp³-hybridized carbons (Fsp3) is 0.538. The number of methoxy groups -OCH3 is 1. The van der Waals surface area contributed by atoms with Gasteiger partial charge in [-0.1, -0.05) is 24.3 Å². The van der Waals surface area contributed by atoms with E-state index in [-0.39, 0.29) is 6.54 Å². The highest BCUT2D eigenvalue weighted by molar-refractivity contribution is 7.87. The first-order chi connectivity index (χ1) is 9.63. The van der Waals surface area contributed by atoms with E-state index in [9.17, 15) is 8.42 Å². The number of morpholine rings is 1. The molecule has 0 amide bonds. The molecule has 112 valence electrons. The van der Waals surface area contributed by atoms with E-state index in [2.05, 4.69) is 4.72 Å². The molecule has 1 saturated heterocycles. The van der Waals surface area contributed by atoms with Gasteiger partial charge in [-0.3, -0.25) is 0 Å². The van der Waals surface area contributed by atoms with Gasteiger partial charge < -0.3 is 9.47 Å². The molecule has 0 radical (unpaired) electrons. The molecule has 0 unspecified atom stereocenters. The van der Waals surface area contributed by atoms with Gasteiger partial charge in [0.2, 0.25) is 0 Å². The molecule has 1 N–H and O–H groups in total. The number of hydrogen-bond acceptors (Lipinski definition) is 4. The maximum Gasteiger partial charge on any atom is 0.279 e. The quantitative estimate of drug-likeness (QED) is 0.831. The Hall–Kier alpha value is -0.990. The molecule has 2 rings (SSSR count). The largest absolute Gasteiger partial charge is 0.380 e. The minimum Gasteiger partial charge on any atom is -0.380 e. The fourth-order valence-corrected chi connectivity index (χ4v) is 3.22. The van der Waals surface area contributed by atoms with Crippen LogP contribution in [0.3, 0.4) is 0 Å². The first kappa shape index (κ1) is 15.4. The average Bonchev–Trinajstić information content (AvgIpc) is 2.48. The number of ether oxygens (including phenoxy) is 2. The molecule has 1 aromatic carbocycles. The summed E-state index contributed by atoms with van der Waals surface area (Å²) in [7, 11) is -1.83. The van der Waals surface area contributed by atoms with E-state index in [1.165, 1.54) is 4.31 Å². The predicted molar refractivity (Wildman–Crippen MR) is 75.3 cm³/mol. The van der Waals surface area contributed by atoms with Crippen LogP contribution in [0.4, 0.5) is 0 Å². The average molecular weight is 300 g/mol. The van der Waals surface area contributed by atoms with Crippen LogP contribution < -0.4 is 4.72 Å². The maximum absolute atomic E-state index is 12.2. The van der Waals surface area contributed by atoms with Crippen molar-refractivity contribution in [3.63, 3.8) is 0 Å². The van der Waals surface area contributed by atoms with Gasteiger partial charge in [-0.15, -0.1) is 0 Å². The number of nitrogens with one attached hydrogen (secondary N) is 1. The summed E-state index contributed by atoms with van der Waals surface area (Å²) in [5, 5.41) is 0. The van der Waals surface area contributed by atoms with Crippen molar-refractivity contribution in [1.29, 1.82) is 0 Å². The van der Waals surface area contributed by atoms with Crippen molar-refractivity contribution in [3.05, 3.63) is 35.4 Å². The number of hydrogen-bond donors (Lipinski definition) is 1. The molecule has 0 spiro atoms. The third-order valence-electron chi connectivity index (χ3n) is 3.17. The summed E-state index contributed by atoms with van der Waals surface area (Å²) in [5.74, 6) is 0. The van der Waals surface area contributed by atoms with Crippen molar-refractivity contribution in [1.82, 2.24) is 9.03 Å². The lowest BCUT2D eigenvalue weighted by molar-refractivity contribution is 0.0724. The van der Waals surface area contributed by atoms with Gasteiger partial charge in [0, 0.05) is 26.7 Å². The Morgan fingerprint density at radius 2 is 1.90 bits per heavy atom. The van der Waals surface area contributed by atoms with Crippen LogP contribution in [0.2, 0.25) is 0 Å². The summed E-state index contributed by atoms with van der Waals surface area (Å²) in [6.07, 6.45) is 0. The smallest absolute Gasteiger partial charge is 0.279 e. The fourth-order valence-electron chi connectivity index (χ4n) is 2.07. The number of nitrogens with zero attached hydrogens (tertiary/aromatic N) is 1. The van der Waals surface area contributed by atoms with Gasteiger partial charge in [0.15, 0.2) is 0 Å². The van der Waals surface area contributed by atoms with Gasteiger partial charge in [-0.05, 0) is 11.1 Å². The zero-order valence-corrected chi connectivity index (χ0v) is 12.4. The molecule has 7 heteroatoms. The lowest BCUT2D eigenvalue weighted by Gasteiger charge is -2.26. The molecule has 1 aliphatic heterocycles. The Morgan fingerprint density at radius 3 is 2.55 bits per heavy atom. The Bertz CT molecular complexity index is 527. The van der Waals surface area contributed by atoms with Crippen molar-refractivity contribution in [2.75, 3.05) is 33.4 Å². The monoisotopic (exact) mass is 300 g/mol. The van der Waals surface area contributed by atoms with E-state index in [1.54, 1.807) is 7.11 Å². The van der Waals surface area contributed by atoms with Crippen molar-refractivity contribution >= 4 is 10.2 Å². The van der Waals surface area contributed by atoms with Gasteiger partial charge in [0.05, 0.1) is 19.8 Å². The highest BCUT2D eigenvalue weighted by atomic mass is 32.2. The van der Waals surface area contributed by atoms with Crippen LogP contribution in [0, 0.1) is 0 Å². The Labute approximate surface area is 119 Å². The van der Waals surface area contributed by atoms with Crippen molar-refractivity contribution < 1.29 is 17.9 Å². The Balaban J connectivity index is 2.00. The molecule has 6 nitrogen and oxygen atoms in total. The Morgan fingerprint density at radius 1 is 1.25 bits per heavy atom. The van der Waals surface area contributed by atoms with Crippen molar-refractivity contribution in [3.8, 4) is 0 Å². The molecule has 0 aliphatic carbocycles. The van der Waals surface area contributed by atoms with E-state index in [0.29, 0.717) is 32.9 Å². The molecule has 1 aromatic rings.